The van der Waals surface area contributed by atoms with Crippen LogP contribution in [0.25, 0.3) is 0 Å². The molecule has 1 aromatic carbocycles. The molecule has 1 aromatic rings. The second-order valence-electron chi connectivity index (χ2n) is 6.90. The molecule has 0 bridgehead atoms. The predicted octanol–water partition coefficient (Wildman–Crippen LogP) is 3.05. The van der Waals surface area contributed by atoms with Crippen molar-refractivity contribution >= 4 is 42.5 Å². The van der Waals surface area contributed by atoms with Crippen LogP contribution in [0.1, 0.15) is 25.3 Å². The number of benzene rings is 1. The van der Waals surface area contributed by atoms with Gasteiger partial charge in [0.15, 0.2) is 0 Å². The molecular formula is C19H31Cl2N3OS. The van der Waals surface area contributed by atoms with E-state index in [1.165, 1.54) is 11.3 Å². The van der Waals surface area contributed by atoms with Crippen molar-refractivity contribution in [2.45, 2.75) is 38.4 Å². The fraction of sp³-hybridized carbons (Fsp3) is 0.632. The minimum absolute atomic E-state index is 0. The van der Waals surface area contributed by atoms with E-state index in [1.807, 2.05) is 11.8 Å². The van der Waals surface area contributed by atoms with Gasteiger partial charge in [-0.25, -0.2) is 0 Å². The number of nitrogens with one attached hydrogen (secondary N) is 1. The Kier molecular flexibility index (Phi) is 11.0. The van der Waals surface area contributed by atoms with Crippen molar-refractivity contribution < 1.29 is 4.79 Å². The van der Waals surface area contributed by atoms with Gasteiger partial charge < -0.3 is 10.2 Å². The average molecular weight is 420 g/mol. The lowest BCUT2D eigenvalue weighted by atomic mass is 10.1. The van der Waals surface area contributed by atoms with Crippen LogP contribution in [0, 0.1) is 0 Å². The van der Waals surface area contributed by atoms with Crippen molar-refractivity contribution in [1.82, 2.24) is 15.1 Å². The molecule has 4 nitrogen and oxygen atoms in total. The SMILES string of the molecule is CC1CCN(C(=O)CC2CSCCN2)CCN1Cc1ccccc1.Cl.Cl. The summed E-state index contributed by atoms with van der Waals surface area (Å²) in [6.45, 7) is 7.02. The second kappa shape index (κ2) is 12.1. The summed E-state index contributed by atoms with van der Waals surface area (Å²) < 4.78 is 0. The molecule has 1 N–H and O–H groups in total. The van der Waals surface area contributed by atoms with Gasteiger partial charge >= 0.3 is 0 Å². The van der Waals surface area contributed by atoms with Crippen molar-refractivity contribution in [2.75, 3.05) is 37.7 Å². The molecular weight excluding hydrogens is 389 g/mol. The summed E-state index contributed by atoms with van der Waals surface area (Å²) in [5, 5.41) is 3.48. The van der Waals surface area contributed by atoms with Crippen molar-refractivity contribution in [1.29, 1.82) is 0 Å². The molecule has 3 rings (SSSR count). The zero-order valence-corrected chi connectivity index (χ0v) is 17.9. The monoisotopic (exact) mass is 419 g/mol. The number of amides is 1. The Hall–Kier alpha value is -0.460. The maximum atomic E-state index is 12.6. The van der Waals surface area contributed by atoms with Crippen LogP contribution in [0.2, 0.25) is 0 Å². The summed E-state index contributed by atoms with van der Waals surface area (Å²) in [6, 6.07) is 11.5. The van der Waals surface area contributed by atoms with Gasteiger partial charge in [0.25, 0.3) is 0 Å². The largest absolute Gasteiger partial charge is 0.341 e. The Balaban J connectivity index is 0.00000169. The number of hydrogen-bond acceptors (Lipinski definition) is 4. The molecule has 0 spiro atoms. The molecule has 0 aliphatic carbocycles. The number of carbonyl (C=O) groups excluding carboxylic acids is 1. The van der Waals surface area contributed by atoms with Gasteiger partial charge in [-0.05, 0) is 18.9 Å². The lowest BCUT2D eigenvalue weighted by Crippen LogP contribution is -2.43. The van der Waals surface area contributed by atoms with E-state index in [9.17, 15) is 4.79 Å². The molecule has 2 unspecified atom stereocenters. The average Bonchev–Trinajstić information content (AvgIpc) is 2.79. The number of nitrogens with zero attached hydrogens (tertiary/aromatic N) is 2. The molecule has 2 aliphatic rings. The molecule has 2 fully saturated rings. The van der Waals surface area contributed by atoms with Crippen LogP contribution >= 0.6 is 36.6 Å². The first-order valence-electron chi connectivity index (χ1n) is 9.09. The summed E-state index contributed by atoms with van der Waals surface area (Å²) >= 11 is 1.96. The van der Waals surface area contributed by atoms with E-state index < -0.39 is 0 Å². The van der Waals surface area contributed by atoms with Crippen LogP contribution in [-0.4, -0.2) is 65.5 Å². The number of hydrogen-bond donors (Lipinski definition) is 1. The number of rotatable bonds is 4. The molecule has 2 heterocycles. The van der Waals surface area contributed by atoms with E-state index in [0.717, 1.165) is 44.9 Å². The van der Waals surface area contributed by atoms with Gasteiger partial charge in [0.1, 0.15) is 0 Å². The number of carbonyl (C=O) groups is 1. The number of halogens is 2. The molecule has 148 valence electrons. The van der Waals surface area contributed by atoms with Gasteiger partial charge in [-0.15, -0.1) is 24.8 Å². The lowest BCUT2D eigenvalue weighted by molar-refractivity contribution is -0.131. The van der Waals surface area contributed by atoms with E-state index in [0.29, 0.717) is 24.4 Å². The summed E-state index contributed by atoms with van der Waals surface area (Å²) in [5.41, 5.74) is 1.35. The fourth-order valence-electron chi connectivity index (χ4n) is 3.50. The second-order valence-corrected chi connectivity index (χ2v) is 8.05. The quantitative estimate of drug-likeness (QED) is 0.812. The molecule has 0 aromatic heterocycles. The van der Waals surface area contributed by atoms with E-state index in [1.54, 1.807) is 0 Å². The van der Waals surface area contributed by atoms with Gasteiger partial charge in [-0.3, -0.25) is 9.69 Å². The van der Waals surface area contributed by atoms with Crippen molar-refractivity contribution in [3.8, 4) is 0 Å². The van der Waals surface area contributed by atoms with E-state index in [-0.39, 0.29) is 24.8 Å². The minimum atomic E-state index is 0. The Labute approximate surface area is 174 Å². The first-order chi connectivity index (χ1) is 11.7. The smallest absolute Gasteiger partial charge is 0.224 e. The Morgan fingerprint density at radius 1 is 1.19 bits per heavy atom. The molecule has 7 heteroatoms. The molecule has 0 saturated carbocycles. The van der Waals surface area contributed by atoms with E-state index in [2.05, 4.69) is 52.4 Å². The molecule has 0 radical (unpaired) electrons. The third-order valence-corrected chi connectivity index (χ3v) is 6.23. The first kappa shape index (κ1) is 23.6. The van der Waals surface area contributed by atoms with Gasteiger partial charge in [0.05, 0.1) is 0 Å². The first-order valence-corrected chi connectivity index (χ1v) is 10.2. The topological polar surface area (TPSA) is 35.6 Å². The maximum absolute atomic E-state index is 12.6. The van der Waals surface area contributed by atoms with Gasteiger partial charge in [0.2, 0.25) is 5.91 Å². The predicted molar refractivity (Wildman–Crippen MR) is 116 cm³/mol. The van der Waals surface area contributed by atoms with Crippen molar-refractivity contribution in [2.24, 2.45) is 0 Å². The van der Waals surface area contributed by atoms with Gasteiger partial charge in [-0.1, -0.05) is 30.3 Å². The zero-order valence-electron chi connectivity index (χ0n) is 15.4. The van der Waals surface area contributed by atoms with Crippen LogP contribution in [-0.2, 0) is 11.3 Å². The fourth-order valence-corrected chi connectivity index (χ4v) is 4.45. The maximum Gasteiger partial charge on any atom is 0.224 e. The highest BCUT2D eigenvalue weighted by molar-refractivity contribution is 7.99. The standard InChI is InChI=1S/C19H29N3OS.2ClH/c1-16-7-9-21(19(23)13-18-15-24-12-8-20-18)10-11-22(16)14-17-5-3-2-4-6-17;;/h2-6,16,18,20H,7-15H2,1H3;2*1H. The van der Waals surface area contributed by atoms with Crippen molar-refractivity contribution in [3.63, 3.8) is 0 Å². The highest BCUT2D eigenvalue weighted by Gasteiger charge is 2.25. The zero-order chi connectivity index (χ0) is 16.8. The van der Waals surface area contributed by atoms with Crippen LogP contribution < -0.4 is 5.32 Å². The van der Waals surface area contributed by atoms with Gasteiger partial charge in [0, 0.05) is 62.7 Å². The highest BCUT2D eigenvalue weighted by Crippen LogP contribution is 2.17. The Morgan fingerprint density at radius 2 is 1.96 bits per heavy atom. The summed E-state index contributed by atoms with van der Waals surface area (Å²) in [6.07, 6.45) is 1.71. The summed E-state index contributed by atoms with van der Waals surface area (Å²) in [7, 11) is 0. The van der Waals surface area contributed by atoms with E-state index in [4.69, 9.17) is 0 Å². The molecule has 2 aliphatic heterocycles. The summed E-state index contributed by atoms with van der Waals surface area (Å²) in [4.78, 5) is 17.2. The van der Waals surface area contributed by atoms with E-state index >= 15 is 0 Å². The summed E-state index contributed by atoms with van der Waals surface area (Å²) in [5.74, 6) is 2.56. The minimum Gasteiger partial charge on any atom is -0.341 e. The highest BCUT2D eigenvalue weighted by atomic mass is 35.5. The third kappa shape index (κ3) is 6.93. The third-order valence-electron chi connectivity index (χ3n) is 5.10. The van der Waals surface area contributed by atoms with Crippen LogP contribution in [0.3, 0.4) is 0 Å². The Bertz CT molecular complexity index is 529. The molecule has 1 amide bonds. The Morgan fingerprint density at radius 3 is 2.65 bits per heavy atom. The molecule has 2 saturated heterocycles. The van der Waals surface area contributed by atoms with Crippen LogP contribution in [0.4, 0.5) is 0 Å². The number of thioether (sulfide) groups is 1. The molecule has 2 atom stereocenters. The lowest BCUT2D eigenvalue weighted by Gasteiger charge is -2.27. The normalized spacial score (nSPS) is 24.1. The van der Waals surface area contributed by atoms with Crippen molar-refractivity contribution in [3.05, 3.63) is 35.9 Å². The van der Waals surface area contributed by atoms with Crippen LogP contribution in [0.5, 0.6) is 0 Å². The van der Waals surface area contributed by atoms with Crippen LogP contribution in [0.15, 0.2) is 30.3 Å². The molecule has 26 heavy (non-hydrogen) atoms. The van der Waals surface area contributed by atoms with Gasteiger partial charge in [-0.2, -0.15) is 11.8 Å².